The summed E-state index contributed by atoms with van der Waals surface area (Å²) in [5.41, 5.74) is 6.94. The van der Waals surface area contributed by atoms with Crippen LogP contribution in [0.2, 0.25) is 0 Å². The van der Waals surface area contributed by atoms with E-state index in [1.165, 1.54) is 0 Å². The Morgan fingerprint density at radius 2 is 2.07 bits per heavy atom. The molecule has 3 nitrogen and oxygen atoms in total. The lowest BCUT2D eigenvalue weighted by Gasteiger charge is -2.10. The van der Waals surface area contributed by atoms with E-state index in [2.05, 4.69) is 46.4 Å². The molecule has 5 heteroatoms. The highest BCUT2D eigenvalue weighted by atomic mass is 127. The summed E-state index contributed by atoms with van der Waals surface area (Å²) >= 11 is 3.94. The first kappa shape index (κ1) is 13.0. The molecule has 0 bridgehead atoms. The van der Waals surface area contributed by atoms with Gasteiger partial charge in [0.1, 0.15) is 11.6 Å². The second-order valence-electron chi connectivity index (χ2n) is 3.82. The van der Waals surface area contributed by atoms with Gasteiger partial charge in [-0.2, -0.15) is 11.8 Å². The van der Waals surface area contributed by atoms with E-state index < -0.39 is 0 Å². The van der Waals surface area contributed by atoms with Crippen LogP contribution < -0.4 is 5.73 Å². The zero-order chi connectivity index (χ0) is 11.4. The molecule has 0 saturated heterocycles. The molecule has 0 aromatic carbocycles. The van der Waals surface area contributed by atoms with E-state index in [1.807, 2.05) is 6.26 Å². The first-order valence-electron chi connectivity index (χ1n) is 4.84. The quantitative estimate of drug-likeness (QED) is 0.859. The summed E-state index contributed by atoms with van der Waals surface area (Å²) in [4.78, 5) is 8.81. The molecule has 2 N–H and O–H groups in total. The van der Waals surface area contributed by atoms with Gasteiger partial charge in [0.2, 0.25) is 0 Å². The maximum atomic E-state index is 5.86. The number of hydrogen-bond acceptors (Lipinski definition) is 4. The maximum Gasteiger partial charge on any atom is 0.140 e. The lowest BCUT2D eigenvalue weighted by atomic mass is 10.1. The van der Waals surface area contributed by atoms with Gasteiger partial charge in [0.25, 0.3) is 0 Å². The standard InChI is InChI=1S/C10H16IN3S/c1-6(2)4-7-9(11)10(12)14-8(13-7)5-15-3/h6H,4-5H2,1-3H3,(H2,12,13,14). The summed E-state index contributed by atoms with van der Waals surface area (Å²) in [7, 11) is 0. The molecule has 0 radical (unpaired) electrons. The highest BCUT2D eigenvalue weighted by molar-refractivity contribution is 14.1. The van der Waals surface area contributed by atoms with Gasteiger partial charge in [-0.1, -0.05) is 13.8 Å². The number of nitrogens with two attached hydrogens (primary N) is 1. The summed E-state index contributed by atoms with van der Waals surface area (Å²) in [6, 6.07) is 0. The van der Waals surface area contributed by atoms with Crippen LogP contribution in [0.5, 0.6) is 0 Å². The number of nitrogens with zero attached hydrogens (tertiary/aromatic N) is 2. The molecule has 0 aliphatic heterocycles. The third kappa shape index (κ3) is 3.79. The minimum absolute atomic E-state index is 0.593. The lowest BCUT2D eigenvalue weighted by molar-refractivity contribution is 0.629. The van der Waals surface area contributed by atoms with Gasteiger partial charge in [0, 0.05) is 0 Å². The van der Waals surface area contributed by atoms with Crippen LogP contribution in [0.3, 0.4) is 0 Å². The first-order valence-corrected chi connectivity index (χ1v) is 7.31. The predicted molar refractivity (Wildman–Crippen MR) is 74.9 cm³/mol. The van der Waals surface area contributed by atoms with Crippen molar-refractivity contribution in [2.75, 3.05) is 12.0 Å². The summed E-state index contributed by atoms with van der Waals surface area (Å²) in [5, 5.41) is 0. The average molecular weight is 337 g/mol. The van der Waals surface area contributed by atoms with Crippen molar-refractivity contribution in [2.45, 2.75) is 26.0 Å². The molecule has 1 aromatic heterocycles. The Hall–Kier alpha value is -0.0400. The third-order valence-electron chi connectivity index (χ3n) is 1.87. The Kier molecular flexibility index (Phi) is 5.11. The highest BCUT2D eigenvalue weighted by Crippen LogP contribution is 2.20. The zero-order valence-corrected chi connectivity index (χ0v) is 12.2. The number of nitrogen functional groups attached to an aromatic ring is 1. The fourth-order valence-electron chi connectivity index (χ4n) is 1.28. The van der Waals surface area contributed by atoms with E-state index in [1.54, 1.807) is 11.8 Å². The molecule has 1 aromatic rings. The van der Waals surface area contributed by atoms with E-state index in [4.69, 9.17) is 5.73 Å². The van der Waals surface area contributed by atoms with Crippen LogP contribution in [0.4, 0.5) is 5.82 Å². The van der Waals surface area contributed by atoms with Crippen molar-refractivity contribution in [3.8, 4) is 0 Å². The predicted octanol–water partition coefficient (Wildman–Crippen LogP) is 2.72. The van der Waals surface area contributed by atoms with Gasteiger partial charge in [-0.15, -0.1) is 0 Å². The number of rotatable bonds is 4. The number of halogens is 1. The van der Waals surface area contributed by atoms with Crippen molar-refractivity contribution in [1.82, 2.24) is 9.97 Å². The van der Waals surface area contributed by atoms with E-state index in [9.17, 15) is 0 Å². The smallest absolute Gasteiger partial charge is 0.140 e. The van der Waals surface area contributed by atoms with Crippen molar-refractivity contribution in [3.63, 3.8) is 0 Å². The molecule has 0 fully saturated rings. The van der Waals surface area contributed by atoms with E-state index in [0.717, 1.165) is 27.3 Å². The van der Waals surface area contributed by atoms with Gasteiger partial charge >= 0.3 is 0 Å². The summed E-state index contributed by atoms with van der Waals surface area (Å²) in [6.45, 7) is 4.37. The van der Waals surface area contributed by atoms with Crippen LogP contribution in [0, 0.1) is 9.49 Å². The fraction of sp³-hybridized carbons (Fsp3) is 0.600. The van der Waals surface area contributed by atoms with Gasteiger partial charge < -0.3 is 5.73 Å². The van der Waals surface area contributed by atoms with E-state index >= 15 is 0 Å². The average Bonchev–Trinajstić information content (AvgIpc) is 2.13. The van der Waals surface area contributed by atoms with Crippen LogP contribution in [-0.2, 0) is 12.2 Å². The third-order valence-corrected chi connectivity index (χ3v) is 3.59. The van der Waals surface area contributed by atoms with E-state index in [-0.39, 0.29) is 0 Å². The monoisotopic (exact) mass is 337 g/mol. The first-order chi connectivity index (χ1) is 7.04. The Morgan fingerprint density at radius 1 is 1.40 bits per heavy atom. The number of anilines is 1. The number of thioether (sulfide) groups is 1. The van der Waals surface area contributed by atoms with Gasteiger partial charge in [0.05, 0.1) is 15.0 Å². The molecule has 0 atom stereocenters. The minimum Gasteiger partial charge on any atom is -0.383 e. The van der Waals surface area contributed by atoms with Crippen molar-refractivity contribution in [2.24, 2.45) is 5.92 Å². The topological polar surface area (TPSA) is 51.8 Å². The Morgan fingerprint density at radius 3 is 2.60 bits per heavy atom. The van der Waals surface area contributed by atoms with Crippen LogP contribution in [0.15, 0.2) is 0 Å². The van der Waals surface area contributed by atoms with Crippen molar-refractivity contribution >= 4 is 40.2 Å². The zero-order valence-electron chi connectivity index (χ0n) is 9.25. The molecule has 84 valence electrons. The van der Waals surface area contributed by atoms with Gasteiger partial charge in [0.15, 0.2) is 0 Å². The fourth-order valence-corrected chi connectivity index (χ4v) is 2.13. The van der Waals surface area contributed by atoms with Crippen LogP contribution >= 0.6 is 34.4 Å². The summed E-state index contributed by atoms with van der Waals surface area (Å²) in [5.74, 6) is 2.88. The van der Waals surface area contributed by atoms with Gasteiger partial charge in [-0.3, -0.25) is 0 Å². The van der Waals surface area contributed by atoms with Crippen molar-refractivity contribution < 1.29 is 0 Å². The molecule has 0 spiro atoms. The molecule has 0 unspecified atom stereocenters. The van der Waals surface area contributed by atoms with Crippen molar-refractivity contribution in [3.05, 3.63) is 15.1 Å². The van der Waals surface area contributed by atoms with Crippen LogP contribution in [0.1, 0.15) is 25.4 Å². The maximum absolute atomic E-state index is 5.86. The molecule has 15 heavy (non-hydrogen) atoms. The van der Waals surface area contributed by atoms with Gasteiger partial charge in [-0.05, 0) is 41.2 Å². The minimum atomic E-state index is 0.593. The van der Waals surface area contributed by atoms with Crippen LogP contribution in [-0.4, -0.2) is 16.2 Å². The Labute approximate surface area is 109 Å². The van der Waals surface area contributed by atoms with Crippen molar-refractivity contribution in [1.29, 1.82) is 0 Å². The SMILES string of the molecule is CSCc1nc(N)c(I)c(CC(C)C)n1. The molecular formula is C10H16IN3S. The lowest BCUT2D eigenvalue weighted by Crippen LogP contribution is -2.08. The van der Waals surface area contributed by atoms with Crippen LogP contribution in [0.25, 0.3) is 0 Å². The Bertz CT molecular complexity index is 342. The molecular weight excluding hydrogens is 321 g/mol. The van der Waals surface area contributed by atoms with Gasteiger partial charge in [-0.25, -0.2) is 9.97 Å². The molecule has 1 rings (SSSR count). The largest absolute Gasteiger partial charge is 0.383 e. The number of aromatic nitrogens is 2. The molecule has 0 aliphatic carbocycles. The normalized spacial score (nSPS) is 11.0. The molecule has 0 aliphatic rings. The molecule has 1 heterocycles. The molecule has 0 saturated carbocycles. The molecule has 0 amide bonds. The highest BCUT2D eigenvalue weighted by Gasteiger charge is 2.10. The second kappa shape index (κ2) is 5.89. The summed E-state index contributed by atoms with van der Waals surface area (Å²) < 4.78 is 1.01. The number of hydrogen-bond donors (Lipinski definition) is 1. The summed E-state index contributed by atoms with van der Waals surface area (Å²) in [6.07, 6.45) is 3.01. The Balaban J connectivity index is 3.01. The second-order valence-corrected chi connectivity index (χ2v) is 5.76. The van der Waals surface area contributed by atoms with E-state index in [0.29, 0.717) is 11.7 Å².